The molecule has 0 fully saturated rings. The van der Waals surface area contributed by atoms with Crippen molar-refractivity contribution in [3.05, 3.63) is 12.3 Å². The second-order valence-electron chi connectivity index (χ2n) is 2.91. The molecule has 78 valence electrons. The van der Waals surface area contributed by atoms with Crippen LogP contribution >= 0.6 is 0 Å². The lowest BCUT2D eigenvalue weighted by atomic mass is 10.2. The van der Waals surface area contributed by atoms with E-state index >= 15 is 0 Å². The van der Waals surface area contributed by atoms with Gasteiger partial charge in [0.15, 0.2) is 0 Å². The van der Waals surface area contributed by atoms with Crippen molar-refractivity contribution in [2.24, 2.45) is 0 Å². The maximum Gasteiger partial charge on any atom is 0.740 e. The van der Waals surface area contributed by atoms with E-state index in [4.69, 9.17) is 14.4 Å². The Hall–Kier alpha value is -0.363. The van der Waals surface area contributed by atoms with Crippen molar-refractivity contribution < 1.29 is 18.8 Å². The topological polar surface area (TPSA) is 69.9 Å². The Bertz CT molecular complexity index is 142. The third-order valence-corrected chi connectivity index (χ3v) is 2.00. The molecule has 0 aliphatic heterocycles. The van der Waals surface area contributed by atoms with Crippen LogP contribution in [-0.2, 0) is 4.43 Å². The van der Waals surface area contributed by atoms with Crippen LogP contribution in [0.4, 0.5) is 0 Å². The molecule has 0 unspecified atom stereocenters. The van der Waals surface area contributed by atoms with Gasteiger partial charge in [0.05, 0.1) is 6.26 Å². The first-order valence-corrected chi connectivity index (χ1v) is 6.31. The van der Waals surface area contributed by atoms with E-state index in [9.17, 15) is 0 Å². The Balaban J connectivity index is 3.22. The van der Waals surface area contributed by atoms with Gasteiger partial charge in [-0.05, 0) is 12.8 Å². The zero-order chi connectivity index (χ0) is 10.2. The maximum absolute atomic E-state index is 8.43. The van der Waals surface area contributed by atoms with Gasteiger partial charge in [-0.3, -0.25) is 0 Å². The van der Waals surface area contributed by atoms with Gasteiger partial charge < -0.3 is 18.8 Å². The van der Waals surface area contributed by atoms with Crippen molar-refractivity contribution in [2.75, 3.05) is 0 Å². The van der Waals surface area contributed by atoms with E-state index in [-0.39, 0.29) is 0 Å². The van der Waals surface area contributed by atoms with Crippen LogP contribution in [0.25, 0.3) is 0 Å². The quantitative estimate of drug-likeness (QED) is 0.329. The molecule has 0 aromatic carbocycles. The lowest BCUT2D eigenvalue weighted by Crippen LogP contribution is -2.36. The highest BCUT2D eigenvalue weighted by molar-refractivity contribution is 6.48. The molecule has 0 aliphatic rings. The van der Waals surface area contributed by atoms with E-state index in [2.05, 4.69) is 11.3 Å². The number of rotatable bonds is 7. The molecule has 0 saturated heterocycles. The maximum atomic E-state index is 8.43. The van der Waals surface area contributed by atoms with Crippen LogP contribution in [0.3, 0.4) is 0 Å². The molecule has 5 heteroatoms. The van der Waals surface area contributed by atoms with Gasteiger partial charge >= 0.3 is 9.05 Å². The Kier molecular flexibility index (Phi) is 6.88. The van der Waals surface area contributed by atoms with Gasteiger partial charge in [0.1, 0.15) is 0 Å². The van der Waals surface area contributed by atoms with Gasteiger partial charge in [-0.25, -0.2) is 0 Å². The Morgan fingerprint density at radius 2 is 1.85 bits per heavy atom. The van der Waals surface area contributed by atoms with E-state index in [1.54, 1.807) is 6.08 Å². The van der Waals surface area contributed by atoms with Gasteiger partial charge in [-0.15, -0.1) is 0 Å². The fourth-order valence-corrected chi connectivity index (χ4v) is 1.18. The molecule has 0 rings (SSSR count). The summed E-state index contributed by atoms with van der Waals surface area (Å²) in [6.45, 7) is 2.14. The molecular weight excluding hydrogens is 188 g/mol. The Labute approximate surface area is 80.0 Å². The van der Waals surface area contributed by atoms with Crippen molar-refractivity contribution >= 4 is 9.05 Å². The summed E-state index contributed by atoms with van der Waals surface area (Å²) >= 11 is 0. The van der Waals surface area contributed by atoms with Crippen molar-refractivity contribution in [1.29, 1.82) is 0 Å². The van der Waals surface area contributed by atoms with Crippen LogP contribution in [0.2, 0.25) is 0 Å². The predicted molar refractivity (Wildman–Crippen MR) is 51.4 cm³/mol. The number of hydrogen-bond donors (Lipinski definition) is 3. The van der Waals surface area contributed by atoms with E-state index in [0.717, 1.165) is 19.1 Å². The van der Waals surface area contributed by atoms with E-state index in [1.165, 1.54) is 19.3 Å². The summed E-state index contributed by atoms with van der Waals surface area (Å²) in [4.78, 5) is 25.3. The summed E-state index contributed by atoms with van der Waals surface area (Å²) in [5.41, 5.74) is 0. The number of hydrogen-bond acceptors (Lipinski definition) is 4. The van der Waals surface area contributed by atoms with E-state index < -0.39 is 9.05 Å². The van der Waals surface area contributed by atoms with Crippen LogP contribution in [0.15, 0.2) is 12.3 Å². The molecule has 0 amide bonds. The molecule has 13 heavy (non-hydrogen) atoms. The predicted octanol–water partition coefficient (Wildman–Crippen LogP) is 0.900. The van der Waals surface area contributed by atoms with Gasteiger partial charge in [0.2, 0.25) is 0 Å². The minimum Gasteiger partial charge on any atom is -0.487 e. The normalized spacial score (nSPS) is 12.3. The molecular formula is C8H18O4Si. The molecule has 4 nitrogen and oxygen atoms in total. The molecule has 3 N–H and O–H groups in total. The lowest BCUT2D eigenvalue weighted by Gasteiger charge is -2.05. The fraction of sp³-hybridized carbons (Fsp3) is 0.750. The molecule has 0 saturated carbocycles. The molecule has 0 heterocycles. The van der Waals surface area contributed by atoms with Gasteiger partial charge in [0.25, 0.3) is 0 Å². The lowest BCUT2D eigenvalue weighted by molar-refractivity contribution is 0.106. The second-order valence-corrected chi connectivity index (χ2v) is 4.30. The summed E-state index contributed by atoms with van der Waals surface area (Å²) in [7, 11) is -4.32. The summed E-state index contributed by atoms with van der Waals surface area (Å²) in [5, 5.41) is 0. The van der Waals surface area contributed by atoms with E-state index in [0.29, 0.717) is 0 Å². The monoisotopic (exact) mass is 206 g/mol. The molecule has 0 aliphatic carbocycles. The van der Waals surface area contributed by atoms with Gasteiger partial charge in [-0.1, -0.05) is 32.3 Å². The summed E-state index contributed by atoms with van der Waals surface area (Å²) in [6.07, 6.45) is 8.31. The third kappa shape index (κ3) is 11.6. The molecule has 0 spiro atoms. The first kappa shape index (κ1) is 12.6. The summed E-state index contributed by atoms with van der Waals surface area (Å²) in [5.74, 6) is 0. The highest BCUT2D eigenvalue weighted by Gasteiger charge is 2.31. The minimum atomic E-state index is -4.32. The third-order valence-electron chi connectivity index (χ3n) is 1.55. The number of allylic oxidation sites excluding steroid dienone is 1. The van der Waals surface area contributed by atoms with Crippen molar-refractivity contribution in [3.63, 3.8) is 0 Å². The average molecular weight is 206 g/mol. The van der Waals surface area contributed by atoms with Crippen LogP contribution in [0, 0.1) is 0 Å². The largest absolute Gasteiger partial charge is 0.740 e. The first-order chi connectivity index (χ1) is 6.06. The van der Waals surface area contributed by atoms with Crippen molar-refractivity contribution in [3.8, 4) is 0 Å². The molecule has 0 radical (unpaired) electrons. The zero-order valence-electron chi connectivity index (χ0n) is 7.94. The van der Waals surface area contributed by atoms with Gasteiger partial charge in [-0.2, -0.15) is 0 Å². The van der Waals surface area contributed by atoms with Crippen LogP contribution in [-0.4, -0.2) is 23.4 Å². The molecule has 0 aromatic heterocycles. The van der Waals surface area contributed by atoms with Crippen molar-refractivity contribution in [1.82, 2.24) is 0 Å². The first-order valence-electron chi connectivity index (χ1n) is 4.56. The minimum absolute atomic E-state index is 0.838. The average Bonchev–Trinajstić information content (AvgIpc) is 2.01. The SMILES string of the molecule is CCCCCCC=CO[Si](O)(O)O. The van der Waals surface area contributed by atoms with Crippen molar-refractivity contribution in [2.45, 2.75) is 39.0 Å². The summed E-state index contributed by atoms with van der Waals surface area (Å²) in [6, 6.07) is 0. The Morgan fingerprint density at radius 3 is 2.38 bits per heavy atom. The smallest absolute Gasteiger partial charge is 0.487 e. The highest BCUT2D eigenvalue weighted by atomic mass is 28.4. The molecule has 0 atom stereocenters. The highest BCUT2D eigenvalue weighted by Crippen LogP contribution is 2.03. The van der Waals surface area contributed by atoms with Gasteiger partial charge in [0, 0.05) is 0 Å². The fourth-order valence-electron chi connectivity index (χ4n) is 0.896. The van der Waals surface area contributed by atoms with Crippen LogP contribution < -0.4 is 0 Å². The second kappa shape index (κ2) is 7.08. The molecule has 0 aromatic rings. The summed E-state index contributed by atoms with van der Waals surface area (Å²) < 4.78 is 4.26. The zero-order valence-corrected chi connectivity index (χ0v) is 8.94. The Morgan fingerprint density at radius 1 is 1.15 bits per heavy atom. The van der Waals surface area contributed by atoms with Crippen LogP contribution in [0.1, 0.15) is 39.0 Å². The number of unbranched alkanes of at least 4 members (excludes halogenated alkanes) is 4. The van der Waals surface area contributed by atoms with E-state index in [1.807, 2.05) is 0 Å². The van der Waals surface area contributed by atoms with Crippen LogP contribution in [0.5, 0.6) is 0 Å². The molecule has 0 bridgehead atoms. The standard InChI is InChI=1S/C8H18O4Si/c1-2-3-4-5-6-7-8-12-13(9,10)11/h7-11H,2-6H2,1H3.